The third-order valence-corrected chi connectivity index (χ3v) is 3.97. The van der Waals surface area contributed by atoms with Gasteiger partial charge in [0.05, 0.1) is 12.4 Å². The lowest BCUT2D eigenvalue weighted by molar-refractivity contribution is 0.306. The molecule has 0 fully saturated rings. The van der Waals surface area contributed by atoms with Gasteiger partial charge in [-0.05, 0) is 49.4 Å². The average Bonchev–Trinajstić information content (AvgIpc) is 2.34. The van der Waals surface area contributed by atoms with Gasteiger partial charge in [-0.25, -0.2) is 13.6 Å². The zero-order valence-electron chi connectivity index (χ0n) is 11.1. The van der Waals surface area contributed by atoms with E-state index in [1.807, 2.05) is 25.1 Å². The van der Waals surface area contributed by atoms with E-state index in [0.717, 1.165) is 35.6 Å². The molecule has 108 valence electrons. The molecule has 0 aliphatic heterocycles. The van der Waals surface area contributed by atoms with Crippen LogP contribution in [0.2, 0.25) is 5.02 Å². The molecule has 0 atom stereocenters. The highest BCUT2D eigenvalue weighted by Crippen LogP contribution is 2.22. The van der Waals surface area contributed by atoms with E-state index in [1.165, 1.54) is 0 Å². The number of rotatable bonds is 8. The van der Waals surface area contributed by atoms with Crippen molar-refractivity contribution in [1.82, 2.24) is 0 Å². The number of aryl methyl sites for hydroxylation is 1. The quantitative estimate of drug-likeness (QED) is 0.751. The first kappa shape index (κ1) is 16.3. The molecule has 1 aromatic rings. The molecule has 6 heteroatoms. The van der Waals surface area contributed by atoms with Crippen molar-refractivity contribution in [3.63, 3.8) is 0 Å². The van der Waals surface area contributed by atoms with E-state index in [0.29, 0.717) is 13.0 Å². The molecule has 0 heterocycles. The fourth-order valence-corrected chi connectivity index (χ4v) is 2.54. The van der Waals surface area contributed by atoms with Crippen LogP contribution in [-0.2, 0) is 16.4 Å². The fourth-order valence-electron chi connectivity index (χ4n) is 1.68. The normalized spacial score (nSPS) is 11.5. The SMILES string of the molecule is CCc1cc(OCCCCCS(N)(=O)=O)ccc1Cl. The van der Waals surface area contributed by atoms with Gasteiger partial charge in [-0.2, -0.15) is 0 Å². The lowest BCUT2D eigenvalue weighted by Gasteiger charge is -2.08. The highest BCUT2D eigenvalue weighted by molar-refractivity contribution is 7.89. The highest BCUT2D eigenvalue weighted by atomic mass is 35.5. The minimum atomic E-state index is -3.33. The van der Waals surface area contributed by atoms with Gasteiger partial charge in [0, 0.05) is 5.02 Å². The number of nitrogens with two attached hydrogens (primary N) is 1. The summed E-state index contributed by atoms with van der Waals surface area (Å²) >= 11 is 6.02. The smallest absolute Gasteiger partial charge is 0.209 e. The lowest BCUT2D eigenvalue weighted by Crippen LogP contribution is -2.16. The molecule has 0 bridgehead atoms. The molecule has 2 N–H and O–H groups in total. The van der Waals surface area contributed by atoms with Crippen molar-refractivity contribution in [1.29, 1.82) is 0 Å². The zero-order chi connectivity index (χ0) is 14.3. The number of primary sulfonamides is 1. The number of sulfonamides is 1. The van der Waals surface area contributed by atoms with Crippen LogP contribution in [0.5, 0.6) is 5.75 Å². The zero-order valence-corrected chi connectivity index (χ0v) is 12.6. The van der Waals surface area contributed by atoms with Gasteiger partial charge < -0.3 is 4.74 Å². The summed E-state index contributed by atoms with van der Waals surface area (Å²) in [5.41, 5.74) is 1.06. The van der Waals surface area contributed by atoms with Crippen molar-refractivity contribution in [2.45, 2.75) is 32.6 Å². The van der Waals surface area contributed by atoms with E-state index >= 15 is 0 Å². The minimum absolute atomic E-state index is 0.0356. The summed E-state index contributed by atoms with van der Waals surface area (Å²) in [4.78, 5) is 0. The molecule has 0 aromatic heterocycles. The predicted octanol–water partition coefficient (Wildman–Crippen LogP) is 2.74. The lowest BCUT2D eigenvalue weighted by atomic mass is 10.1. The van der Waals surface area contributed by atoms with Crippen molar-refractivity contribution in [3.8, 4) is 5.75 Å². The van der Waals surface area contributed by atoms with Crippen LogP contribution >= 0.6 is 11.6 Å². The Hall–Kier alpha value is -0.780. The Morgan fingerprint density at radius 2 is 2.00 bits per heavy atom. The largest absolute Gasteiger partial charge is 0.494 e. The standard InChI is InChI=1S/C13H20ClNO3S/c1-2-11-10-12(6-7-13(11)14)18-8-4-3-5-9-19(15,16)17/h6-7,10H,2-5,8-9H2,1H3,(H2,15,16,17). The van der Waals surface area contributed by atoms with E-state index in [4.69, 9.17) is 21.5 Å². The Labute approximate surface area is 120 Å². The molecule has 0 aliphatic rings. The Morgan fingerprint density at radius 1 is 1.26 bits per heavy atom. The minimum Gasteiger partial charge on any atom is -0.494 e. The van der Waals surface area contributed by atoms with E-state index in [1.54, 1.807) is 0 Å². The summed E-state index contributed by atoms with van der Waals surface area (Å²) in [7, 11) is -3.33. The molecule has 1 aromatic carbocycles. The monoisotopic (exact) mass is 305 g/mol. The molecule has 4 nitrogen and oxygen atoms in total. The van der Waals surface area contributed by atoms with Gasteiger partial charge in [-0.3, -0.25) is 0 Å². The van der Waals surface area contributed by atoms with Gasteiger partial charge in [-0.15, -0.1) is 0 Å². The number of ether oxygens (including phenoxy) is 1. The number of hydrogen-bond donors (Lipinski definition) is 1. The Morgan fingerprint density at radius 3 is 2.63 bits per heavy atom. The van der Waals surface area contributed by atoms with Crippen molar-refractivity contribution < 1.29 is 13.2 Å². The third kappa shape index (κ3) is 6.80. The van der Waals surface area contributed by atoms with Crippen LogP contribution in [0.4, 0.5) is 0 Å². The van der Waals surface area contributed by atoms with Gasteiger partial charge in [0.2, 0.25) is 10.0 Å². The molecule has 0 saturated carbocycles. The summed E-state index contributed by atoms with van der Waals surface area (Å²) in [6, 6.07) is 5.61. The Balaban J connectivity index is 2.26. The summed E-state index contributed by atoms with van der Waals surface area (Å²) in [5, 5.41) is 5.67. The molecule has 0 saturated heterocycles. The van der Waals surface area contributed by atoms with Crippen LogP contribution in [0.1, 0.15) is 31.7 Å². The first-order chi connectivity index (χ1) is 8.92. The number of halogens is 1. The molecule has 1 rings (SSSR count). The van der Waals surface area contributed by atoms with Gasteiger partial charge in [0.15, 0.2) is 0 Å². The van der Waals surface area contributed by atoms with Gasteiger partial charge in [0.25, 0.3) is 0 Å². The van der Waals surface area contributed by atoms with Crippen LogP contribution in [0, 0.1) is 0 Å². The third-order valence-electron chi connectivity index (χ3n) is 2.74. The van der Waals surface area contributed by atoms with Crippen molar-refractivity contribution in [2.75, 3.05) is 12.4 Å². The topological polar surface area (TPSA) is 69.4 Å². The van der Waals surface area contributed by atoms with Crippen LogP contribution in [-0.4, -0.2) is 20.8 Å². The van der Waals surface area contributed by atoms with Crippen LogP contribution in [0.25, 0.3) is 0 Å². The van der Waals surface area contributed by atoms with Crippen LogP contribution in [0.3, 0.4) is 0 Å². The summed E-state index contributed by atoms with van der Waals surface area (Å²) in [5.74, 6) is 0.834. The van der Waals surface area contributed by atoms with Crippen molar-refractivity contribution in [2.24, 2.45) is 5.14 Å². The summed E-state index contributed by atoms with van der Waals surface area (Å²) < 4.78 is 27.0. The summed E-state index contributed by atoms with van der Waals surface area (Å²) in [6.45, 7) is 2.60. The van der Waals surface area contributed by atoms with Crippen molar-refractivity contribution >= 4 is 21.6 Å². The van der Waals surface area contributed by atoms with Crippen LogP contribution < -0.4 is 9.88 Å². The Bertz CT molecular complexity index is 503. The maximum absolute atomic E-state index is 10.7. The maximum Gasteiger partial charge on any atom is 0.209 e. The van der Waals surface area contributed by atoms with Gasteiger partial charge in [0.1, 0.15) is 5.75 Å². The maximum atomic E-state index is 10.7. The van der Waals surface area contributed by atoms with E-state index < -0.39 is 10.0 Å². The second-order valence-electron chi connectivity index (χ2n) is 4.38. The van der Waals surface area contributed by atoms with E-state index in [2.05, 4.69) is 0 Å². The molecular formula is C13H20ClNO3S. The first-order valence-corrected chi connectivity index (χ1v) is 8.43. The average molecular weight is 306 g/mol. The second-order valence-corrected chi connectivity index (χ2v) is 6.52. The number of hydrogen-bond acceptors (Lipinski definition) is 3. The predicted molar refractivity (Wildman–Crippen MR) is 78.2 cm³/mol. The highest BCUT2D eigenvalue weighted by Gasteiger charge is 2.03. The van der Waals surface area contributed by atoms with Gasteiger partial charge >= 0.3 is 0 Å². The van der Waals surface area contributed by atoms with E-state index in [9.17, 15) is 8.42 Å². The van der Waals surface area contributed by atoms with Crippen LogP contribution in [0.15, 0.2) is 18.2 Å². The molecule has 0 aliphatic carbocycles. The summed E-state index contributed by atoms with van der Waals surface area (Å²) in [6.07, 6.45) is 3.03. The molecule has 0 radical (unpaired) electrons. The fraction of sp³-hybridized carbons (Fsp3) is 0.538. The first-order valence-electron chi connectivity index (χ1n) is 6.34. The van der Waals surface area contributed by atoms with E-state index in [-0.39, 0.29) is 5.75 Å². The number of unbranched alkanes of at least 4 members (excludes halogenated alkanes) is 2. The molecular weight excluding hydrogens is 286 g/mol. The molecule has 0 amide bonds. The molecule has 0 unspecified atom stereocenters. The van der Waals surface area contributed by atoms with Gasteiger partial charge in [-0.1, -0.05) is 18.5 Å². The second kappa shape index (κ2) is 7.72. The van der Waals surface area contributed by atoms with Crippen molar-refractivity contribution in [3.05, 3.63) is 28.8 Å². The molecule has 0 spiro atoms. The Kier molecular flexibility index (Phi) is 6.62. The molecule has 19 heavy (non-hydrogen) atoms. The number of benzene rings is 1.